The van der Waals surface area contributed by atoms with Crippen LogP contribution in [0.15, 0.2) is 48.5 Å². The number of hydrogen-bond donors (Lipinski definition) is 1. The third-order valence-corrected chi connectivity index (χ3v) is 5.98. The number of para-hydroxylation sites is 1. The first kappa shape index (κ1) is 20.3. The van der Waals surface area contributed by atoms with Crippen LogP contribution >= 0.6 is 0 Å². The van der Waals surface area contributed by atoms with Crippen LogP contribution in [0, 0.1) is 6.92 Å². The lowest BCUT2D eigenvalue weighted by atomic mass is 9.77. The third kappa shape index (κ3) is 3.89. The molecule has 0 radical (unpaired) electrons. The zero-order chi connectivity index (χ0) is 21.0. The Morgan fingerprint density at radius 2 is 1.90 bits per heavy atom. The van der Waals surface area contributed by atoms with Gasteiger partial charge in [0.15, 0.2) is 5.82 Å². The van der Waals surface area contributed by atoms with E-state index < -0.39 is 5.54 Å². The van der Waals surface area contributed by atoms with Gasteiger partial charge in [0.2, 0.25) is 0 Å². The van der Waals surface area contributed by atoms with E-state index in [1.165, 1.54) is 5.56 Å². The smallest absolute Gasteiger partial charge is 0.179 e. The summed E-state index contributed by atoms with van der Waals surface area (Å²) in [6, 6.07) is 16.4. The highest BCUT2D eigenvalue weighted by Crippen LogP contribution is 2.41. The number of nitrogens with zero attached hydrogens (tertiary/aromatic N) is 4. The van der Waals surface area contributed by atoms with Crippen molar-refractivity contribution < 1.29 is 9.47 Å². The molecule has 0 spiro atoms. The van der Waals surface area contributed by atoms with E-state index in [4.69, 9.17) is 9.47 Å². The molecule has 2 atom stereocenters. The molecule has 0 aliphatic heterocycles. The van der Waals surface area contributed by atoms with Gasteiger partial charge in [-0.1, -0.05) is 48.7 Å². The summed E-state index contributed by atoms with van der Waals surface area (Å²) in [5.41, 5.74) is 2.79. The van der Waals surface area contributed by atoms with Crippen molar-refractivity contribution in [3.05, 3.63) is 65.5 Å². The van der Waals surface area contributed by atoms with Crippen LogP contribution in [0.25, 0.3) is 0 Å². The molecule has 30 heavy (non-hydrogen) atoms. The number of aromatic nitrogens is 4. The van der Waals surface area contributed by atoms with E-state index in [2.05, 4.69) is 52.0 Å². The fourth-order valence-corrected chi connectivity index (χ4v) is 4.43. The van der Waals surface area contributed by atoms with Gasteiger partial charge < -0.3 is 14.8 Å². The van der Waals surface area contributed by atoms with Gasteiger partial charge in [0.1, 0.15) is 11.3 Å². The number of anilines is 1. The van der Waals surface area contributed by atoms with Crippen molar-refractivity contribution in [3.63, 3.8) is 0 Å². The molecular weight excluding hydrogens is 378 g/mol. The summed E-state index contributed by atoms with van der Waals surface area (Å²) in [4.78, 5) is 0. The largest absolute Gasteiger partial charge is 0.496 e. The van der Waals surface area contributed by atoms with Gasteiger partial charge in [-0.2, -0.15) is 0 Å². The second-order valence-electron chi connectivity index (χ2n) is 7.90. The highest BCUT2D eigenvalue weighted by atomic mass is 16.5. The maximum atomic E-state index is 5.98. The molecule has 3 aromatic rings. The van der Waals surface area contributed by atoms with E-state index >= 15 is 0 Å². The summed E-state index contributed by atoms with van der Waals surface area (Å²) in [5, 5.41) is 16.6. The zero-order valence-electron chi connectivity index (χ0n) is 17.8. The highest BCUT2D eigenvalue weighted by molar-refractivity contribution is 5.48. The van der Waals surface area contributed by atoms with Gasteiger partial charge in [-0.3, -0.25) is 0 Å². The molecule has 158 valence electrons. The molecule has 0 saturated heterocycles. The summed E-state index contributed by atoms with van der Waals surface area (Å²) in [7, 11) is 3.46. The molecule has 4 rings (SSSR count). The monoisotopic (exact) mass is 407 g/mol. The predicted octanol–water partition coefficient (Wildman–Crippen LogP) is 3.93. The molecule has 0 amide bonds. The summed E-state index contributed by atoms with van der Waals surface area (Å²) >= 11 is 0. The normalized spacial score (nSPS) is 21.4. The third-order valence-electron chi connectivity index (χ3n) is 5.98. The van der Waals surface area contributed by atoms with Crippen LogP contribution in [-0.2, 0) is 16.8 Å². The van der Waals surface area contributed by atoms with Crippen molar-refractivity contribution in [2.24, 2.45) is 0 Å². The van der Waals surface area contributed by atoms with Crippen LogP contribution < -0.4 is 10.1 Å². The number of tetrazole rings is 1. The number of ether oxygens (including phenoxy) is 2. The first-order chi connectivity index (χ1) is 14.7. The van der Waals surface area contributed by atoms with Gasteiger partial charge in [0.25, 0.3) is 0 Å². The van der Waals surface area contributed by atoms with Crippen LogP contribution in [0.1, 0.15) is 42.6 Å². The van der Waals surface area contributed by atoms with Crippen molar-refractivity contribution in [3.8, 4) is 5.75 Å². The molecule has 1 N–H and O–H groups in total. The van der Waals surface area contributed by atoms with E-state index in [0.717, 1.165) is 48.5 Å². The van der Waals surface area contributed by atoms with E-state index in [-0.39, 0.29) is 6.10 Å². The summed E-state index contributed by atoms with van der Waals surface area (Å²) in [6.45, 7) is 2.62. The molecular formula is C23H29N5O2. The van der Waals surface area contributed by atoms with Gasteiger partial charge >= 0.3 is 0 Å². The standard InChI is InChI=1S/C23H29N5O2/c1-17-11-13-19(14-12-17)24-23(15-7-6-10-21(23)30-3)22-25-26-27-28(22)16-18-8-4-5-9-20(18)29-2/h4-5,8-9,11-14,21,24H,6-7,10,15-16H2,1-3H3. The van der Waals surface area contributed by atoms with Crippen molar-refractivity contribution in [1.29, 1.82) is 0 Å². The Morgan fingerprint density at radius 3 is 2.67 bits per heavy atom. The maximum Gasteiger partial charge on any atom is 0.179 e. The summed E-state index contributed by atoms with van der Waals surface area (Å²) in [6.07, 6.45) is 4.03. The number of hydrogen-bond acceptors (Lipinski definition) is 6. The van der Waals surface area contributed by atoms with E-state index in [1.807, 2.05) is 28.9 Å². The Bertz CT molecular complexity index is 972. The molecule has 1 saturated carbocycles. The van der Waals surface area contributed by atoms with Crippen molar-refractivity contribution in [2.45, 2.75) is 50.8 Å². The Morgan fingerprint density at radius 1 is 1.10 bits per heavy atom. The van der Waals surface area contributed by atoms with Gasteiger partial charge in [0, 0.05) is 18.4 Å². The van der Waals surface area contributed by atoms with Crippen molar-refractivity contribution in [2.75, 3.05) is 19.5 Å². The minimum atomic E-state index is -0.506. The SMILES string of the molecule is COc1ccccc1Cn1nnnc1C1(Nc2ccc(C)cc2)CCCCC1OC. The van der Waals surface area contributed by atoms with Crippen LogP contribution in [0.4, 0.5) is 5.69 Å². The molecule has 1 fully saturated rings. The second kappa shape index (κ2) is 8.83. The van der Waals surface area contributed by atoms with Gasteiger partial charge in [0.05, 0.1) is 19.8 Å². The number of nitrogens with one attached hydrogen (secondary N) is 1. The number of benzene rings is 2. The van der Waals surface area contributed by atoms with Crippen LogP contribution in [0.3, 0.4) is 0 Å². The fourth-order valence-electron chi connectivity index (χ4n) is 4.43. The molecule has 1 aliphatic carbocycles. The Hall–Kier alpha value is -2.93. The molecule has 1 heterocycles. The Labute approximate surface area is 177 Å². The number of aryl methyl sites for hydroxylation is 1. The lowest BCUT2D eigenvalue weighted by Crippen LogP contribution is -2.51. The lowest BCUT2D eigenvalue weighted by Gasteiger charge is -2.43. The van der Waals surface area contributed by atoms with Crippen LogP contribution in [0.5, 0.6) is 5.75 Å². The molecule has 1 aromatic heterocycles. The van der Waals surface area contributed by atoms with Gasteiger partial charge in [-0.15, -0.1) is 5.10 Å². The van der Waals surface area contributed by atoms with E-state index in [1.54, 1.807) is 14.2 Å². The van der Waals surface area contributed by atoms with E-state index in [9.17, 15) is 0 Å². The zero-order valence-corrected chi connectivity index (χ0v) is 17.8. The van der Waals surface area contributed by atoms with Crippen molar-refractivity contribution >= 4 is 5.69 Å². The molecule has 7 heteroatoms. The summed E-state index contributed by atoms with van der Waals surface area (Å²) in [5.74, 6) is 1.62. The molecule has 1 aliphatic rings. The minimum Gasteiger partial charge on any atom is -0.496 e. The first-order valence-electron chi connectivity index (χ1n) is 10.4. The highest BCUT2D eigenvalue weighted by Gasteiger charge is 2.47. The average Bonchev–Trinajstić information content (AvgIpc) is 3.25. The maximum absolute atomic E-state index is 5.98. The Kier molecular flexibility index (Phi) is 5.99. The lowest BCUT2D eigenvalue weighted by molar-refractivity contribution is 0.00819. The topological polar surface area (TPSA) is 74.1 Å². The second-order valence-corrected chi connectivity index (χ2v) is 7.90. The number of rotatable bonds is 7. The van der Waals surface area contributed by atoms with Crippen LogP contribution in [-0.4, -0.2) is 40.5 Å². The summed E-state index contributed by atoms with van der Waals surface area (Å²) < 4.78 is 13.4. The molecule has 7 nitrogen and oxygen atoms in total. The molecule has 0 bridgehead atoms. The molecule has 2 aromatic carbocycles. The minimum absolute atomic E-state index is 0.0324. The average molecular weight is 408 g/mol. The Balaban J connectivity index is 1.75. The first-order valence-corrected chi connectivity index (χ1v) is 10.4. The van der Waals surface area contributed by atoms with Gasteiger partial charge in [-0.25, -0.2) is 4.68 Å². The number of methoxy groups -OCH3 is 2. The fraction of sp³-hybridized carbons (Fsp3) is 0.435. The van der Waals surface area contributed by atoms with Gasteiger partial charge in [-0.05, 0) is 48.4 Å². The van der Waals surface area contributed by atoms with E-state index in [0.29, 0.717) is 6.54 Å². The predicted molar refractivity (Wildman–Crippen MR) is 116 cm³/mol. The van der Waals surface area contributed by atoms with Crippen LogP contribution in [0.2, 0.25) is 0 Å². The molecule has 2 unspecified atom stereocenters. The quantitative estimate of drug-likeness (QED) is 0.640. The van der Waals surface area contributed by atoms with Crippen molar-refractivity contribution in [1.82, 2.24) is 20.2 Å².